The lowest BCUT2D eigenvalue weighted by Crippen LogP contribution is -2.59. The third-order valence-electron chi connectivity index (χ3n) is 6.18. The van der Waals surface area contributed by atoms with Crippen LogP contribution in [0.1, 0.15) is 58.8 Å². The lowest BCUT2D eigenvalue weighted by atomic mass is 9.73. The number of hydrogen-bond donors (Lipinski definition) is 1. The highest BCUT2D eigenvalue weighted by Gasteiger charge is 2.41. The van der Waals surface area contributed by atoms with Gasteiger partial charge in [-0.3, -0.25) is 4.90 Å². The van der Waals surface area contributed by atoms with Crippen molar-refractivity contribution in [3.63, 3.8) is 0 Å². The van der Waals surface area contributed by atoms with Gasteiger partial charge in [-0.2, -0.15) is 0 Å². The van der Waals surface area contributed by atoms with Crippen molar-refractivity contribution in [1.29, 1.82) is 0 Å². The summed E-state index contributed by atoms with van der Waals surface area (Å²) in [7, 11) is 2.36. The lowest BCUT2D eigenvalue weighted by molar-refractivity contribution is 0.000957. The van der Waals surface area contributed by atoms with Crippen molar-refractivity contribution >= 4 is 0 Å². The second-order valence-corrected chi connectivity index (χ2v) is 7.08. The van der Waals surface area contributed by atoms with Crippen LogP contribution in [-0.2, 0) is 0 Å². The highest BCUT2D eigenvalue weighted by Crippen LogP contribution is 2.39. The SMILES string of the molecule is CCC1CCCC(CN)(N(C)C2CCN(CC)CC2)C1. The van der Waals surface area contributed by atoms with Gasteiger partial charge in [0.1, 0.15) is 0 Å². The van der Waals surface area contributed by atoms with E-state index in [4.69, 9.17) is 5.73 Å². The molecule has 1 heterocycles. The third-order valence-corrected chi connectivity index (χ3v) is 6.18. The highest BCUT2D eigenvalue weighted by molar-refractivity contribution is 4.98. The molecular formula is C17H35N3. The van der Waals surface area contributed by atoms with E-state index in [0.717, 1.165) is 18.5 Å². The minimum Gasteiger partial charge on any atom is -0.329 e. The van der Waals surface area contributed by atoms with Gasteiger partial charge in [-0.05, 0) is 58.3 Å². The molecule has 20 heavy (non-hydrogen) atoms. The minimum absolute atomic E-state index is 0.290. The predicted molar refractivity (Wildman–Crippen MR) is 86.9 cm³/mol. The predicted octanol–water partition coefficient (Wildman–Crippen LogP) is 2.70. The average molecular weight is 281 g/mol. The Kier molecular flexibility index (Phi) is 5.88. The molecular weight excluding hydrogens is 246 g/mol. The summed E-state index contributed by atoms with van der Waals surface area (Å²) in [5.74, 6) is 0.894. The number of rotatable bonds is 5. The van der Waals surface area contributed by atoms with Gasteiger partial charge in [-0.25, -0.2) is 0 Å². The van der Waals surface area contributed by atoms with Crippen LogP contribution in [0.25, 0.3) is 0 Å². The number of nitrogens with two attached hydrogens (primary N) is 1. The van der Waals surface area contributed by atoms with Crippen molar-refractivity contribution in [1.82, 2.24) is 9.80 Å². The van der Waals surface area contributed by atoms with Gasteiger partial charge >= 0.3 is 0 Å². The maximum Gasteiger partial charge on any atom is 0.0334 e. The van der Waals surface area contributed by atoms with E-state index in [1.54, 1.807) is 0 Å². The average Bonchev–Trinajstić information content (AvgIpc) is 2.54. The molecule has 2 rings (SSSR count). The van der Waals surface area contributed by atoms with Gasteiger partial charge < -0.3 is 10.6 Å². The second-order valence-electron chi connectivity index (χ2n) is 7.08. The first-order chi connectivity index (χ1) is 9.65. The summed E-state index contributed by atoms with van der Waals surface area (Å²) in [5, 5.41) is 0. The number of nitrogens with zero attached hydrogens (tertiary/aromatic N) is 2. The van der Waals surface area contributed by atoms with E-state index in [1.165, 1.54) is 64.6 Å². The molecule has 0 aromatic rings. The molecule has 1 aliphatic carbocycles. The zero-order valence-corrected chi connectivity index (χ0v) is 13.9. The first-order valence-corrected chi connectivity index (χ1v) is 8.80. The van der Waals surface area contributed by atoms with E-state index in [9.17, 15) is 0 Å². The maximum atomic E-state index is 6.26. The topological polar surface area (TPSA) is 32.5 Å². The van der Waals surface area contributed by atoms with Gasteiger partial charge in [0.2, 0.25) is 0 Å². The van der Waals surface area contributed by atoms with E-state index in [0.29, 0.717) is 0 Å². The van der Waals surface area contributed by atoms with Crippen LogP contribution in [-0.4, -0.2) is 54.6 Å². The minimum atomic E-state index is 0.290. The van der Waals surface area contributed by atoms with Crippen LogP contribution in [0, 0.1) is 5.92 Å². The fourth-order valence-corrected chi connectivity index (χ4v) is 4.47. The molecule has 2 unspecified atom stereocenters. The molecule has 0 spiro atoms. The Morgan fingerprint density at radius 1 is 1.20 bits per heavy atom. The molecule has 3 heteroatoms. The first kappa shape index (κ1) is 16.3. The molecule has 1 aliphatic heterocycles. The Balaban J connectivity index is 1.99. The van der Waals surface area contributed by atoms with E-state index in [1.807, 2.05) is 0 Å². The van der Waals surface area contributed by atoms with Gasteiger partial charge in [0.05, 0.1) is 0 Å². The summed E-state index contributed by atoms with van der Waals surface area (Å²) in [4.78, 5) is 5.27. The standard InChI is InChI=1S/C17H35N3/c1-4-15-7-6-10-17(13-15,14-18)19(3)16-8-11-20(5-2)12-9-16/h15-16H,4-14,18H2,1-3H3. The van der Waals surface area contributed by atoms with E-state index < -0.39 is 0 Å². The smallest absolute Gasteiger partial charge is 0.0334 e. The van der Waals surface area contributed by atoms with Gasteiger partial charge in [0.15, 0.2) is 0 Å². The molecule has 2 aliphatic rings. The van der Waals surface area contributed by atoms with Crippen molar-refractivity contribution < 1.29 is 0 Å². The summed E-state index contributed by atoms with van der Waals surface area (Å²) in [6, 6.07) is 0.747. The molecule has 2 atom stereocenters. The van der Waals surface area contributed by atoms with Crippen molar-refractivity contribution in [3.8, 4) is 0 Å². The summed E-state index contributed by atoms with van der Waals surface area (Å²) in [5.41, 5.74) is 6.55. The zero-order valence-electron chi connectivity index (χ0n) is 13.9. The van der Waals surface area contributed by atoms with Gasteiger partial charge in [0.25, 0.3) is 0 Å². The van der Waals surface area contributed by atoms with Crippen LogP contribution >= 0.6 is 0 Å². The molecule has 0 radical (unpaired) electrons. The molecule has 0 aromatic heterocycles. The number of likely N-dealkylation sites (N-methyl/N-ethyl adjacent to an activating group) is 1. The molecule has 0 aromatic carbocycles. The monoisotopic (exact) mass is 281 g/mol. The van der Waals surface area contributed by atoms with E-state index in [-0.39, 0.29) is 5.54 Å². The van der Waals surface area contributed by atoms with Crippen molar-refractivity contribution in [2.24, 2.45) is 11.7 Å². The number of hydrogen-bond acceptors (Lipinski definition) is 3. The Morgan fingerprint density at radius 2 is 1.90 bits per heavy atom. The summed E-state index contributed by atoms with van der Waals surface area (Å²) in [6.45, 7) is 9.20. The third kappa shape index (κ3) is 3.37. The Morgan fingerprint density at radius 3 is 2.45 bits per heavy atom. The quantitative estimate of drug-likeness (QED) is 0.841. The molecule has 118 valence electrons. The van der Waals surface area contributed by atoms with Crippen LogP contribution < -0.4 is 5.73 Å². The molecule has 0 bridgehead atoms. The highest BCUT2D eigenvalue weighted by atomic mass is 15.2. The largest absolute Gasteiger partial charge is 0.329 e. The van der Waals surface area contributed by atoms with Crippen molar-refractivity contribution in [2.45, 2.75) is 70.4 Å². The first-order valence-electron chi connectivity index (χ1n) is 8.80. The van der Waals surface area contributed by atoms with Crippen molar-refractivity contribution in [3.05, 3.63) is 0 Å². The van der Waals surface area contributed by atoms with Crippen LogP contribution in [0.5, 0.6) is 0 Å². The Bertz CT molecular complexity index is 286. The molecule has 2 fully saturated rings. The van der Waals surface area contributed by atoms with E-state index >= 15 is 0 Å². The molecule has 1 saturated heterocycles. The van der Waals surface area contributed by atoms with Crippen LogP contribution in [0.4, 0.5) is 0 Å². The van der Waals surface area contributed by atoms with Gasteiger partial charge in [-0.1, -0.05) is 33.1 Å². The molecule has 0 amide bonds. The maximum absolute atomic E-state index is 6.26. The molecule has 3 nitrogen and oxygen atoms in total. The molecule has 2 N–H and O–H groups in total. The summed E-state index contributed by atoms with van der Waals surface area (Å²) in [6.07, 6.45) is 9.39. The second kappa shape index (κ2) is 7.24. The normalized spacial score (nSPS) is 33.8. The lowest BCUT2D eigenvalue weighted by Gasteiger charge is -2.51. The fraction of sp³-hybridized carbons (Fsp3) is 1.00. The zero-order chi connectivity index (χ0) is 14.6. The van der Waals surface area contributed by atoms with Crippen LogP contribution in [0.15, 0.2) is 0 Å². The molecule has 1 saturated carbocycles. The summed E-state index contributed by atoms with van der Waals surface area (Å²) >= 11 is 0. The van der Waals surface area contributed by atoms with Crippen molar-refractivity contribution in [2.75, 3.05) is 33.2 Å². The number of piperidine rings is 1. The van der Waals surface area contributed by atoms with Crippen LogP contribution in [0.2, 0.25) is 0 Å². The van der Waals surface area contributed by atoms with Gasteiger partial charge in [0, 0.05) is 18.1 Å². The fourth-order valence-electron chi connectivity index (χ4n) is 4.47. The Labute approximate surface area is 125 Å². The van der Waals surface area contributed by atoms with E-state index in [2.05, 4.69) is 30.7 Å². The summed E-state index contributed by atoms with van der Waals surface area (Å²) < 4.78 is 0. The van der Waals surface area contributed by atoms with Gasteiger partial charge in [-0.15, -0.1) is 0 Å². The Hall–Kier alpha value is -0.120. The number of likely N-dealkylation sites (tertiary alicyclic amines) is 1. The van der Waals surface area contributed by atoms with Crippen LogP contribution in [0.3, 0.4) is 0 Å².